The molecule has 5 heteroatoms. The summed E-state index contributed by atoms with van der Waals surface area (Å²) in [5.74, 6) is -0.929. The van der Waals surface area contributed by atoms with Crippen molar-refractivity contribution in [1.82, 2.24) is 4.57 Å². The summed E-state index contributed by atoms with van der Waals surface area (Å²) in [6, 6.07) is 8.83. The number of carbonyl (C=O) groups excluding carboxylic acids is 1. The molecular weight excluding hydrogens is 294 g/mol. The van der Waals surface area contributed by atoms with E-state index >= 15 is 0 Å². The van der Waals surface area contributed by atoms with Gasteiger partial charge in [-0.15, -0.1) is 0 Å². The molecule has 3 aromatic rings. The van der Waals surface area contributed by atoms with Gasteiger partial charge in [0.15, 0.2) is 5.58 Å². The fourth-order valence-electron chi connectivity index (χ4n) is 3.00. The van der Waals surface area contributed by atoms with Crippen molar-refractivity contribution in [2.45, 2.75) is 20.8 Å². The van der Waals surface area contributed by atoms with Gasteiger partial charge >= 0.3 is 11.7 Å². The van der Waals surface area contributed by atoms with E-state index in [1.807, 2.05) is 32.9 Å². The van der Waals surface area contributed by atoms with E-state index in [0.717, 1.165) is 22.4 Å². The predicted molar refractivity (Wildman–Crippen MR) is 87.4 cm³/mol. The molecule has 2 aromatic carbocycles. The van der Waals surface area contributed by atoms with E-state index in [1.54, 1.807) is 18.2 Å². The van der Waals surface area contributed by atoms with Gasteiger partial charge in [0, 0.05) is 0 Å². The molecule has 0 aliphatic heterocycles. The number of aryl methyl sites for hydroxylation is 3. The van der Waals surface area contributed by atoms with Gasteiger partial charge in [-0.05, 0) is 50.1 Å². The molecule has 0 atom stereocenters. The van der Waals surface area contributed by atoms with Crippen LogP contribution in [0.2, 0.25) is 0 Å². The first-order valence-electron chi connectivity index (χ1n) is 7.24. The number of methoxy groups -OCH3 is 1. The normalized spacial score (nSPS) is 11.0. The predicted octanol–water partition coefficient (Wildman–Crippen LogP) is 3.30. The van der Waals surface area contributed by atoms with Gasteiger partial charge in [0.05, 0.1) is 23.9 Å². The minimum atomic E-state index is -0.475. The molecule has 0 bridgehead atoms. The summed E-state index contributed by atoms with van der Waals surface area (Å²) in [6.45, 7) is 5.91. The lowest BCUT2D eigenvalue weighted by atomic mass is 10.0. The molecule has 0 aliphatic carbocycles. The zero-order chi connectivity index (χ0) is 16.7. The van der Waals surface area contributed by atoms with Gasteiger partial charge in [0.1, 0.15) is 0 Å². The van der Waals surface area contributed by atoms with Crippen LogP contribution in [0, 0.1) is 20.8 Å². The molecule has 0 saturated carbocycles. The Morgan fingerprint density at radius 1 is 1.09 bits per heavy atom. The zero-order valence-corrected chi connectivity index (χ0v) is 13.5. The maximum atomic E-state index is 12.4. The summed E-state index contributed by atoms with van der Waals surface area (Å²) in [7, 11) is 1.32. The Kier molecular flexibility index (Phi) is 3.56. The Morgan fingerprint density at radius 2 is 1.74 bits per heavy atom. The maximum absolute atomic E-state index is 12.4. The van der Waals surface area contributed by atoms with Crippen LogP contribution in [-0.4, -0.2) is 17.6 Å². The highest BCUT2D eigenvalue weighted by Gasteiger charge is 2.17. The maximum Gasteiger partial charge on any atom is 0.424 e. The molecule has 0 radical (unpaired) electrons. The first-order chi connectivity index (χ1) is 10.9. The number of hydrogen-bond donors (Lipinski definition) is 0. The highest BCUT2D eigenvalue weighted by Crippen LogP contribution is 2.25. The molecule has 0 spiro atoms. The number of ether oxygens (including phenoxy) is 1. The molecule has 0 N–H and O–H groups in total. The van der Waals surface area contributed by atoms with Crippen LogP contribution in [0.1, 0.15) is 27.0 Å². The van der Waals surface area contributed by atoms with E-state index in [0.29, 0.717) is 16.7 Å². The molecular formula is C18H17NO4. The van der Waals surface area contributed by atoms with E-state index in [9.17, 15) is 9.59 Å². The number of rotatable bonds is 2. The van der Waals surface area contributed by atoms with Crippen molar-refractivity contribution in [1.29, 1.82) is 0 Å². The van der Waals surface area contributed by atoms with Gasteiger partial charge < -0.3 is 9.15 Å². The molecule has 0 fully saturated rings. The SMILES string of the molecule is COC(=O)c1ccc2oc(=O)n(-c3c(C)cc(C)cc3C)c2c1. The first kappa shape index (κ1) is 15.1. The van der Waals surface area contributed by atoms with E-state index in [1.165, 1.54) is 11.7 Å². The largest absolute Gasteiger partial charge is 0.465 e. The van der Waals surface area contributed by atoms with E-state index in [2.05, 4.69) is 0 Å². The molecule has 5 nitrogen and oxygen atoms in total. The molecule has 0 amide bonds. The van der Waals surface area contributed by atoms with Crippen LogP contribution in [0.5, 0.6) is 0 Å². The Bertz CT molecular complexity index is 955. The molecule has 23 heavy (non-hydrogen) atoms. The number of nitrogens with zero attached hydrogens (tertiary/aromatic N) is 1. The first-order valence-corrected chi connectivity index (χ1v) is 7.24. The Hall–Kier alpha value is -2.82. The average molecular weight is 311 g/mol. The highest BCUT2D eigenvalue weighted by atomic mass is 16.5. The zero-order valence-electron chi connectivity index (χ0n) is 13.5. The third-order valence-corrected chi connectivity index (χ3v) is 3.86. The topological polar surface area (TPSA) is 61.4 Å². The van der Waals surface area contributed by atoms with Gasteiger partial charge in [0.2, 0.25) is 0 Å². The molecule has 1 heterocycles. The summed E-state index contributed by atoms with van der Waals surface area (Å²) in [4.78, 5) is 24.1. The lowest BCUT2D eigenvalue weighted by molar-refractivity contribution is 0.0601. The Labute approximate surface area is 133 Å². The standard InChI is InChI=1S/C18H17NO4/c1-10-7-11(2)16(12(3)8-10)19-14-9-13(17(20)22-4)5-6-15(14)23-18(19)21/h5-9H,1-4H3. The third-order valence-electron chi connectivity index (χ3n) is 3.86. The minimum Gasteiger partial charge on any atom is -0.465 e. The highest BCUT2D eigenvalue weighted by molar-refractivity contribution is 5.93. The lowest BCUT2D eigenvalue weighted by Gasteiger charge is -2.12. The number of aromatic nitrogens is 1. The Morgan fingerprint density at radius 3 is 2.35 bits per heavy atom. The summed E-state index contributed by atoms with van der Waals surface area (Å²) < 4.78 is 11.6. The quantitative estimate of drug-likeness (QED) is 0.681. The fraction of sp³-hybridized carbons (Fsp3) is 0.222. The molecule has 0 aliphatic rings. The van der Waals surface area contributed by atoms with Crippen molar-refractivity contribution in [2.24, 2.45) is 0 Å². The van der Waals surface area contributed by atoms with Crippen LogP contribution in [0.3, 0.4) is 0 Å². The molecule has 0 unspecified atom stereocenters. The minimum absolute atomic E-state index is 0.372. The average Bonchev–Trinajstić information content (AvgIpc) is 2.81. The third kappa shape index (κ3) is 2.44. The molecule has 1 aromatic heterocycles. The van der Waals surface area contributed by atoms with Gasteiger partial charge in [0.25, 0.3) is 0 Å². The van der Waals surface area contributed by atoms with Crippen molar-refractivity contribution in [3.05, 3.63) is 63.1 Å². The van der Waals surface area contributed by atoms with Crippen molar-refractivity contribution >= 4 is 17.1 Å². The van der Waals surface area contributed by atoms with Crippen molar-refractivity contribution < 1.29 is 13.9 Å². The second-order valence-electron chi connectivity index (χ2n) is 5.62. The Balaban J connectivity index is 2.36. The summed E-state index contributed by atoms with van der Waals surface area (Å²) in [5.41, 5.74) is 5.19. The van der Waals surface area contributed by atoms with Crippen LogP contribution in [0.25, 0.3) is 16.8 Å². The van der Waals surface area contributed by atoms with Crippen LogP contribution >= 0.6 is 0 Å². The molecule has 3 rings (SSSR count). The van der Waals surface area contributed by atoms with Gasteiger partial charge in [-0.1, -0.05) is 17.7 Å². The number of esters is 1. The van der Waals surface area contributed by atoms with Gasteiger partial charge in [-0.2, -0.15) is 0 Å². The van der Waals surface area contributed by atoms with Crippen molar-refractivity contribution in [2.75, 3.05) is 7.11 Å². The molecule has 118 valence electrons. The fourth-order valence-corrected chi connectivity index (χ4v) is 3.00. The van der Waals surface area contributed by atoms with E-state index < -0.39 is 11.7 Å². The van der Waals surface area contributed by atoms with Crippen LogP contribution in [0.15, 0.2) is 39.5 Å². The van der Waals surface area contributed by atoms with E-state index in [4.69, 9.17) is 9.15 Å². The van der Waals surface area contributed by atoms with Gasteiger partial charge in [-0.3, -0.25) is 0 Å². The molecule has 0 saturated heterocycles. The van der Waals surface area contributed by atoms with Gasteiger partial charge in [-0.25, -0.2) is 14.2 Å². The van der Waals surface area contributed by atoms with Crippen LogP contribution in [-0.2, 0) is 4.74 Å². The number of fused-ring (bicyclic) bond motifs is 1. The second-order valence-corrected chi connectivity index (χ2v) is 5.62. The van der Waals surface area contributed by atoms with Crippen molar-refractivity contribution in [3.8, 4) is 5.69 Å². The summed E-state index contributed by atoms with van der Waals surface area (Å²) in [6.07, 6.45) is 0. The van der Waals surface area contributed by atoms with E-state index in [-0.39, 0.29) is 0 Å². The van der Waals surface area contributed by atoms with Crippen LogP contribution in [0.4, 0.5) is 0 Å². The number of carbonyl (C=O) groups is 1. The number of oxazole rings is 1. The summed E-state index contributed by atoms with van der Waals surface area (Å²) >= 11 is 0. The summed E-state index contributed by atoms with van der Waals surface area (Å²) in [5, 5.41) is 0. The second kappa shape index (κ2) is 5.43. The number of benzene rings is 2. The monoisotopic (exact) mass is 311 g/mol. The van der Waals surface area contributed by atoms with Crippen molar-refractivity contribution in [3.63, 3.8) is 0 Å². The number of hydrogen-bond acceptors (Lipinski definition) is 4. The smallest absolute Gasteiger partial charge is 0.424 e. The van der Waals surface area contributed by atoms with Crippen LogP contribution < -0.4 is 5.76 Å². The lowest BCUT2D eigenvalue weighted by Crippen LogP contribution is -2.14.